The van der Waals surface area contributed by atoms with E-state index < -0.39 is 16.1 Å². The molecule has 1 atom stereocenters. The van der Waals surface area contributed by atoms with Gasteiger partial charge in [-0.3, -0.25) is 9.78 Å². The van der Waals surface area contributed by atoms with Crippen LogP contribution in [-0.4, -0.2) is 73.1 Å². The van der Waals surface area contributed by atoms with Gasteiger partial charge in [0, 0.05) is 30.3 Å². The predicted molar refractivity (Wildman–Crippen MR) is 194 cm³/mol. The third kappa shape index (κ3) is 8.08. The molecule has 0 saturated carbocycles. The number of sulfonamides is 1. The molecule has 11 nitrogen and oxygen atoms in total. The monoisotopic (exact) mass is 698 g/mol. The topological polar surface area (TPSA) is 127 Å². The summed E-state index contributed by atoms with van der Waals surface area (Å²) >= 11 is 0. The van der Waals surface area contributed by atoms with Gasteiger partial charge < -0.3 is 19.3 Å². The number of carbonyl (C=O) groups excluding carboxylic acids is 1. The van der Waals surface area contributed by atoms with Crippen molar-refractivity contribution in [2.45, 2.75) is 71.4 Å². The van der Waals surface area contributed by atoms with Crippen molar-refractivity contribution in [2.24, 2.45) is 5.41 Å². The second-order valence-corrected chi connectivity index (χ2v) is 16.2. The molecule has 50 heavy (non-hydrogen) atoms. The second-order valence-electron chi connectivity index (χ2n) is 14.5. The van der Waals surface area contributed by atoms with E-state index in [-0.39, 0.29) is 52.7 Å². The largest absolute Gasteiger partial charge is 0.475 e. The fourth-order valence-electron chi connectivity index (χ4n) is 6.54. The normalized spacial score (nSPS) is 18.1. The lowest BCUT2D eigenvalue weighted by Crippen LogP contribution is -2.45. The highest BCUT2D eigenvalue weighted by molar-refractivity contribution is 7.92. The fourth-order valence-corrected chi connectivity index (χ4v) is 7.53. The van der Waals surface area contributed by atoms with Crippen LogP contribution in [0.2, 0.25) is 0 Å². The molecule has 2 aromatic heterocycles. The van der Waals surface area contributed by atoms with Crippen LogP contribution in [-0.2, 0) is 21.3 Å². The van der Waals surface area contributed by atoms with E-state index in [4.69, 9.17) is 19.4 Å². The summed E-state index contributed by atoms with van der Waals surface area (Å²) in [5.74, 6) is -0.0391. The highest BCUT2D eigenvalue weighted by atomic mass is 32.2. The number of nitrogens with zero attached hydrogens (tertiary/aromatic N) is 5. The predicted octanol–water partition coefficient (Wildman–Crippen LogP) is 6.45. The minimum atomic E-state index is -4.18. The Hall–Kier alpha value is -4.55. The number of nitrogens with one attached hydrogen (secondary N) is 1. The van der Waals surface area contributed by atoms with Gasteiger partial charge in [0.15, 0.2) is 0 Å². The van der Waals surface area contributed by atoms with Crippen LogP contribution in [0, 0.1) is 12.3 Å². The van der Waals surface area contributed by atoms with Gasteiger partial charge in [-0.2, -0.15) is 4.98 Å². The minimum Gasteiger partial charge on any atom is -0.475 e. The first-order chi connectivity index (χ1) is 23.8. The lowest BCUT2D eigenvalue weighted by atomic mass is 9.87. The van der Waals surface area contributed by atoms with E-state index in [9.17, 15) is 13.2 Å². The molecular weight excluding hydrogens is 653 g/mol. The Morgan fingerprint density at radius 2 is 1.76 bits per heavy atom. The van der Waals surface area contributed by atoms with Gasteiger partial charge in [0.05, 0.1) is 54.0 Å². The molecule has 1 N–H and O–H groups in total. The smallest absolute Gasteiger partial charge is 0.264 e. The Morgan fingerprint density at radius 1 is 1.00 bits per heavy atom. The van der Waals surface area contributed by atoms with Crippen molar-refractivity contribution >= 4 is 27.6 Å². The van der Waals surface area contributed by atoms with Crippen LogP contribution in [0.25, 0.3) is 11.3 Å². The van der Waals surface area contributed by atoms with Crippen molar-refractivity contribution in [3.8, 4) is 17.1 Å². The molecule has 2 aliphatic heterocycles. The van der Waals surface area contributed by atoms with Gasteiger partial charge in [-0.1, -0.05) is 58.9 Å². The fraction of sp³-hybridized carbons (Fsp3) is 0.421. The molecule has 1 fully saturated rings. The zero-order chi connectivity index (χ0) is 35.6. The van der Waals surface area contributed by atoms with Crippen molar-refractivity contribution in [3.05, 3.63) is 89.2 Å². The van der Waals surface area contributed by atoms with Crippen molar-refractivity contribution in [3.63, 3.8) is 0 Å². The van der Waals surface area contributed by atoms with Gasteiger partial charge >= 0.3 is 0 Å². The van der Waals surface area contributed by atoms with Gasteiger partial charge in [0.2, 0.25) is 11.8 Å². The Bertz CT molecular complexity index is 1950. The van der Waals surface area contributed by atoms with E-state index in [1.54, 1.807) is 23.1 Å². The lowest BCUT2D eigenvalue weighted by Gasteiger charge is -2.35. The summed E-state index contributed by atoms with van der Waals surface area (Å²) < 4.78 is 42.1. The summed E-state index contributed by atoms with van der Waals surface area (Å²) in [7, 11) is -4.18. The summed E-state index contributed by atoms with van der Waals surface area (Å²) in [6, 6.07) is 17.4. The third-order valence-corrected chi connectivity index (χ3v) is 10.3. The molecule has 1 saturated heterocycles. The Labute approximate surface area is 295 Å². The molecule has 264 valence electrons. The first-order valence-corrected chi connectivity index (χ1v) is 18.6. The molecule has 2 aromatic carbocycles. The van der Waals surface area contributed by atoms with Crippen molar-refractivity contribution in [1.29, 1.82) is 0 Å². The number of morpholine rings is 1. The summed E-state index contributed by atoms with van der Waals surface area (Å²) in [6.07, 6.45) is 2.43. The Kier molecular flexibility index (Phi) is 10.1. The quantitative estimate of drug-likeness (QED) is 0.242. The van der Waals surface area contributed by atoms with Crippen LogP contribution < -0.4 is 14.4 Å². The number of anilines is 2. The molecule has 0 unspecified atom stereocenters. The molecule has 1 amide bonds. The Balaban J connectivity index is 1.45. The van der Waals surface area contributed by atoms with Crippen LogP contribution in [0.15, 0.2) is 71.8 Å². The molecule has 12 heteroatoms. The number of fused-ring (bicyclic) bond motifs is 4. The van der Waals surface area contributed by atoms with E-state index in [0.29, 0.717) is 31.0 Å². The number of carbonyl (C=O) groups is 1. The molecule has 0 spiro atoms. The molecule has 6 rings (SSSR count). The molecular formula is C38H46N6O5S. The van der Waals surface area contributed by atoms with Crippen LogP contribution >= 0.6 is 0 Å². The summed E-state index contributed by atoms with van der Waals surface area (Å²) in [5.41, 5.74) is 5.27. The van der Waals surface area contributed by atoms with Crippen molar-refractivity contribution in [1.82, 2.24) is 19.9 Å². The molecule has 4 aromatic rings. The van der Waals surface area contributed by atoms with Crippen LogP contribution in [0.1, 0.15) is 74.1 Å². The average molecular weight is 699 g/mol. The number of aromatic nitrogens is 3. The van der Waals surface area contributed by atoms with E-state index in [2.05, 4.69) is 55.3 Å². The van der Waals surface area contributed by atoms with Crippen molar-refractivity contribution in [2.75, 3.05) is 42.5 Å². The SMILES string of the molecule is Cc1cccc(C(C)C)c1-c1cc2nc(n1)NS(=O)(=O)c1cccc(c1)C(=O)N(Cc1ccc(N3CCOCC3)cn1)[C@H](CC(C)(C)C)CO2. The maximum atomic E-state index is 14.5. The highest BCUT2D eigenvalue weighted by Crippen LogP contribution is 2.34. The number of rotatable bonds is 6. The zero-order valence-electron chi connectivity index (χ0n) is 29.6. The van der Waals surface area contributed by atoms with Gasteiger partial charge in [-0.15, -0.1) is 0 Å². The summed E-state index contributed by atoms with van der Waals surface area (Å²) in [5, 5.41) is 0. The second kappa shape index (κ2) is 14.4. The maximum Gasteiger partial charge on any atom is 0.264 e. The highest BCUT2D eigenvalue weighted by Gasteiger charge is 2.32. The Morgan fingerprint density at radius 3 is 2.46 bits per heavy atom. The standard InChI is InChI=1S/C38H46N6O5S/c1-25(2)32-12-7-9-26(3)35(32)33-20-34-41-37(40-33)42-50(46,47)31-11-8-10-27(19-31)36(45)44(30(24-49-34)21-38(4,5)6)23-28-13-14-29(22-39-28)43-15-17-48-18-16-43/h7-14,19-20,22,25,30H,15-18,21,23-24H2,1-6H3,(H,40,41,42)/t30-/m1/s1. The van der Waals surface area contributed by atoms with E-state index in [0.717, 1.165) is 35.5 Å². The zero-order valence-corrected chi connectivity index (χ0v) is 30.5. The molecule has 4 heterocycles. The number of benzene rings is 2. The summed E-state index contributed by atoms with van der Waals surface area (Å²) in [4.78, 5) is 32.4. The van der Waals surface area contributed by atoms with Crippen LogP contribution in [0.4, 0.5) is 11.6 Å². The average Bonchev–Trinajstić information content (AvgIpc) is 3.08. The number of ether oxygens (including phenoxy) is 2. The number of hydrogen-bond donors (Lipinski definition) is 1. The third-order valence-electron chi connectivity index (χ3n) is 8.99. The first-order valence-electron chi connectivity index (χ1n) is 17.1. The van der Waals surface area contributed by atoms with Crippen LogP contribution in [0.3, 0.4) is 0 Å². The first kappa shape index (κ1) is 35.3. The number of hydrogen-bond acceptors (Lipinski definition) is 9. The van der Waals surface area contributed by atoms with Crippen LogP contribution in [0.5, 0.6) is 5.88 Å². The molecule has 0 radical (unpaired) electrons. The number of amides is 1. The number of aryl methyl sites for hydroxylation is 1. The van der Waals surface area contributed by atoms with Crippen molar-refractivity contribution < 1.29 is 22.7 Å². The van der Waals surface area contributed by atoms with E-state index in [1.807, 2.05) is 37.4 Å². The molecule has 0 aliphatic carbocycles. The van der Waals surface area contributed by atoms with Gasteiger partial charge in [-0.05, 0) is 66.1 Å². The van der Waals surface area contributed by atoms with Gasteiger partial charge in [0.25, 0.3) is 15.9 Å². The minimum absolute atomic E-state index is 0.0712. The van der Waals surface area contributed by atoms with Gasteiger partial charge in [0.1, 0.15) is 6.61 Å². The van der Waals surface area contributed by atoms with Gasteiger partial charge in [-0.25, -0.2) is 18.1 Å². The molecule has 2 aliphatic rings. The lowest BCUT2D eigenvalue weighted by molar-refractivity contribution is 0.0509. The number of pyridine rings is 1. The van der Waals surface area contributed by atoms with E-state index >= 15 is 0 Å². The maximum absolute atomic E-state index is 14.5. The molecule has 4 bridgehead atoms. The van der Waals surface area contributed by atoms with E-state index in [1.165, 1.54) is 12.1 Å². The summed E-state index contributed by atoms with van der Waals surface area (Å²) in [6.45, 7) is 15.8.